The van der Waals surface area contributed by atoms with Gasteiger partial charge in [0.1, 0.15) is 17.8 Å². The quantitative estimate of drug-likeness (QED) is 0.655. The number of aliphatic imine (C=N–C) groups is 1. The summed E-state index contributed by atoms with van der Waals surface area (Å²) in [5.74, 6) is -1.25. The van der Waals surface area contributed by atoms with E-state index in [9.17, 15) is 18.0 Å². The molecule has 3 atom stereocenters. The van der Waals surface area contributed by atoms with Gasteiger partial charge >= 0.3 is 6.18 Å². The molecule has 2 aromatic rings. The largest absolute Gasteiger partial charge is 0.413 e. The van der Waals surface area contributed by atoms with Crippen LogP contribution in [0.2, 0.25) is 0 Å². The number of aromatic nitrogens is 2. The average Bonchev–Trinajstić information content (AvgIpc) is 3.40. The molecule has 1 amide bonds. The second kappa shape index (κ2) is 7.62. The maximum atomic E-state index is 13.9. The van der Waals surface area contributed by atoms with Crippen LogP contribution in [-0.2, 0) is 4.79 Å². The maximum Gasteiger partial charge on any atom is 0.406 e. The lowest BCUT2D eigenvalue weighted by Gasteiger charge is -2.34. The van der Waals surface area contributed by atoms with Gasteiger partial charge in [0.25, 0.3) is 17.7 Å². The minimum Gasteiger partial charge on any atom is -0.413 e. The summed E-state index contributed by atoms with van der Waals surface area (Å²) in [7, 11) is 0. The number of nitrogens with one attached hydrogen (secondary N) is 3. The van der Waals surface area contributed by atoms with Gasteiger partial charge in [0.15, 0.2) is 5.84 Å². The first-order valence-electron chi connectivity index (χ1n) is 10.2. The Morgan fingerprint density at radius 1 is 1.16 bits per heavy atom. The first-order chi connectivity index (χ1) is 15.3. The Hall–Kier alpha value is -3.41. The van der Waals surface area contributed by atoms with Crippen molar-refractivity contribution in [3.8, 4) is 0 Å². The Morgan fingerprint density at radius 2 is 1.91 bits per heavy atom. The summed E-state index contributed by atoms with van der Waals surface area (Å²) in [6.07, 6.45) is -4.63. The van der Waals surface area contributed by atoms with E-state index in [4.69, 9.17) is 4.42 Å². The van der Waals surface area contributed by atoms with E-state index >= 15 is 0 Å². The third-order valence-electron chi connectivity index (χ3n) is 5.70. The van der Waals surface area contributed by atoms with E-state index in [2.05, 4.69) is 31.2 Å². The van der Waals surface area contributed by atoms with Gasteiger partial charge in [0.2, 0.25) is 0 Å². The molecule has 3 aliphatic rings. The summed E-state index contributed by atoms with van der Waals surface area (Å²) >= 11 is 0. The van der Waals surface area contributed by atoms with E-state index < -0.39 is 30.2 Å². The molecule has 3 aliphatic heterocycles. The molecule has 5 rings (SSSR count). The molecule has 0 aliphatic carbocycles. The Kier molecular flexibility index (Phi) is 4.88. The van der Waals surface area contributed by atoms with Crippen LogP contribution in [0.15, 0.2) is 45.4 Å². The van der Waals surface area contributed by atoms with Crippen molar-refractivity contribution in [3.05, 3.63) is 53.4 Å². The molecule has 1 aromatic heterocycles. The number of nitrogens with zero attached hydrogens (tertiary/aromatic N) is 4. The number of halogens is 3. The number of alkyl halides is 3. The van der Waals surface area contributed by atoms with Crippen LogP contribution in [-0.4, -0.2) is 58.4 Å². The van der Waals surface area contributed by atoms with Crippen molar-refractivity contribution in [2.45, 2.75) is 37.6 Å². The minimum atomic E-state index is -4.57. The topological polar surface area (TPSA) is 108 Å². The lowest BCUT2D eigenvalue weighted by Crippen LogP contribution is -2.54. The highest BCUT2D eigenvalue weighted by Crippen LogP contribution is 2.42. The third-order valence-corrected chi connectivity index (χ3v) is 5.70. The maximum absolute atomic E-state index is 13.9. The molecule has 1 fully saturated rings. The molecule has 1 saturated heterocycles. The van der Waals surface area contributed by atoms with E-state index in [-0.39, 0.29) is 17.4 Å². The van der Waals surface area contributed by atoms with Crippen molar-refractivity contribution < 1.29 is 22.4 Å². The number of fused-ring (bicyclic) bond motifs is 1. The number of rotatable bonds is 3. The van der Waals surface area contributed by atoms with Crippen LogP contribution in [0, 0.1) is 0 Å². The Bertz CT molecular complexity index is 1100. The van der Waals surface area contributed by atoms with Crippen LogP contribution >= 0.6 is 0 Å². The molecule has 0 radical (unpaired) electrons. The molecule has 168 valence electrons. The molecule has 0 saturated carbocycles. The van der Waals surface area contributed by atoms with Crippen molar-refractivity contribution in [1.29, 1.82) is 0 Å². The zero-order valence-electron chi connectivity index (χ0n) is 17.0. The molecule has 1 aromatic carbocycles. The van der Waals surface area contributed by atoms with Crippen LogP contribution in [0.1, 0.15) is 36.6 Å². The molecule has 3 N–H and O–H groups in total. The van der Waals surface area contributed by atoms with Gasteiger partial charge < -0.3 is 15.1 Å². The number of carbonyl (C=O) groups is 1. The van der Waals surface area contributed by atoms with Crippen molar-refractivity contribution in [1.82, 2.24) is 31.3 Å². The summed E-state index contributed by atoms with van der Waals surface area (Å²) < 4.78 is 47.3. The molecule has 12 heteroatoms. The molecule has 32 heavy (non-hydrogen) atoms. The van der Waals surface area contributed by atoms with Gasteiger partial charge in [-0.3, -0.25) is 9.79 Å². The molecule has 9 nitrogen and oxygen atoms in total. The number of carbonyl (C=O) groups excluding carboxylic acids is 1. The highest BCUT2D eigenvalue weighted by atomic mass is 19.4. The van der Waals surface area contributed by atoms with Gasteiger partial charge in [-0.1, -0.05) is 30.3 Å². The van der Waals surface area contributed by atoms with Crippen LogP contribution in [0.25, 0.3) is 5.57 Å². The van der Waals surface area contributed by atoms with E-state index in [1.807, 2.05) is 0 Å². The number of amides is 1. The first kappa shape index (κ1) is 20.5. The summed E-state index contributed by atoms with van der Waals surface area (Å²) in [4.78, 5) is 17.6. The zero-order chi connectivity index (χ0) is 22.5. The van der Waals surface area contributed by atoms with E-state index in [0.717, 1.165) is 11.4 Å². The van der Waals surface area contributed by atoms with Crippen LogP contribution in [0.4, 0.5) is 13.2 Å². The fraction of sp³-hybridized carbons (Fsp3) is 0.400. The van der Waals surface area contributed by atoms with Gasteiger partial charge in [0, 0.05) is 18.8 Å². The summed E-state index contributed by atoms with van der Waals surface area (Å²) in [6.45, 7) is 2.92. The first-order valence-corrected chi connectivity index (χ1v) is 10.2. The normalized spacial score (nSPS) is 25.9. The second-order valence-corrected chi connectivity index (χ2v) is 7.77. The van der Waals surface area contributed by atoms with Gasteiger partial charge in [-0.2, -0.15) is 13.2 Å². The van der Waals surface area contributed by atoms with E-state index in [1.54, 1.807) is 37.3 Å². The van der Waals surface area contributed by atoms with Gasteiger partial charge in [-0.15, -0.1) is 10.2 Å². The standard InChI is InChI=1S/C20H20F3N7O2/c1-10-12(17-27-28-18(32-17)15-24-8-5-9-25-15)19(31)30-16(26-10)13(11-6-3-2-4-7-11)14(29-30)20(21,22)23/h2-4,6-7,13-14,16,26,29H,5,8-9H2,1H3,(H,24,25). The smallest absolute Gasteiger partial charge is 0.406 e. The van der Waals surface area contributed by atoms with E-state index in [1.165, 1.54) is 0 Å². The van der Waals surface area contributed by atoms with Crippen molar-refractivity contribution in [2.75, 3.05) is 13.1 Å². The summed E-state index contributed by atoms with van der Waals surface area (Å²) in [5.41, 5.74) is 3.19. The molecule has 0 spiro atoms. The third kappa shape index (κ3) is 3.40. The number of allylic oxidation sites excluding steroid dienone is 1. The van der Waals surface area contributed by atoms with Crippen molar-refractivity contribution >= 4 is 17.3 Å². The Labute approximate surface area is 180 Å². The second-order valence-electron chi connectivity index (χ2n) is 7.77. The molecular weight excluding hydrogens is 427 g/mol. The number of benzene rings is 1. The summed E-state index contributed by atoms with van der Waals surface area (Å²) in [6, 6.07) is 6.37. The molecule has 4 heterocycles. The molecular formula is C20H20F3N7O2. The molecule has 3 unspecified atom stereocenters. The lowest BCUT2D eigenvalue weighted by molar-refractivity contribution is -0.161. The number of hydrazine groups is 1. The predicted octanol–water partition coefficient (Wildman–Crippen LogP) is 1.53. The fourth-order valence-corrected chi connectivity index (χ4v) is 4.24. The van der Waals surface area contributed by atoms with E-state index in [0.29, 0.717) is 30.2 Å². The Morgan fingerprint density at radius 3 is 2.59 bits per heavy atom. The summed E-state index contributed by atoms with van der Waals surface area (Å²) in [5, 5.41) is 14.9. The van der Waals surface area contributed by atoms with Crippen LogP contribution in [0.5, 0.6) is 0 Å². The van der Waals surface area contributed by atoms with Gasteiger partial charge in [0.05, 0.1) is 5.92 Å². The van der Waals surface area contributed by atoms with Crippen molar-refractivity contribution in [3.63, 3.8) is 0 Å². The van der Waals surface area contributed by atoms with Crippen LogP contribution < -0.4 is 16.1 Å². The minimum absolute atomic E-state index is 0.0125. The fourth-order valence-electron chi connectivity index (χ4n) is 4.24. The highest BCUT2D eigenvalue weighted by molar-refractivity contribution is 6.19. The highest BCUT2D eigenvalue weighted by Gasteiger charge is 2.58. The van der Waals surface area contributed by atoms with Crippen LogP contribution in [0.3, 0.4) is 0 Å². The van der Waals surface area contributed by atoms with Gasteiger partial charge in [-0.25, -0.2) is 10.4 Å². The number of hydrogen-bond acceptors (Lipinski definition) is 8. The SMILES string of the molecule is CC1=C(c2nnc(C3=NCCCN3)o2)C(=O)N2NC(C(F)(F)F)C(c3ccccc3)C2N1. The van der Waals surface area contributed by atoms with Gasteiger partial charge in [-0.05, 0) is 18.9 Å². The zero-order valence-corrected chi connectivity index (χ0v) is 17.0. The lowest BCUT2D eigenvalue weighted by atomic mass is 9.89. The molecule has 0 bridgehead atoms. The van der Waals surface area contributed by atoms with Crippen molar-refractivity contribution in [2.24, 2.45) is 4.99 Å². The number of amidine groups is 1. The monoisotopic (exact) mass is 447 g/mol. The Balaban J connectivity index is 1.50. The average molecular weight is 447 g/mol. The predicted molar refractivity (Wildman–Crippen MR) is 107 cm³/mol. The number of hydrogen-bond donors (Lipinski definition) is 3.